The molecular formula is C75H80ClF5K2N2O13. The van der Waals surface area contributed by atoms with E-state index in [9.17, 15) is 41.1 Å². The number of carbonyl (C=O) groups is 5. The van der Waals surface area contributed by atoms with Gasteiger partial charge in [-0.1, -0.05) is 115 Å². The summed E-state index contributed by atoms with van der Waals surface area (Å²) in [6.07, 6.45) is 0.741. The summed E-state index contributed by atoms with van der Waals surface area (Å²) in [6.45, 7) is 4.36. The van der Waals surface area contributed by atoms with E-state index in [0.29, 0.717) is 93.4 Å². The average Bonchev–Trinajstić information content (AvgIpc) is 0.860. The number of ether oxygens (including phenoxy) is 6. The number of unbranched alkanes of at least 4 members (excludes halogenated alkanes) is 2. The number of hydrogen-bond donors (Lipinski definition) is 0. The van der Waals surface area contributed by atoms with Crippen LogP contribution >= 0.6 is 11.6 Å². The molecule has 8 rings (SSSR count). The Balaban J connectivity index is 0.000000519. The first-order valence-corrected chi connectivity index (χ1v) is 31.2. The molecule has 0 amide bonds. The monoisotopic (exact) mass is 1420 g/mol. The molecule has 0 spiro atoms. The first-order valence-electron chi connectivity index (χ1n) is 30.7. The number of halogens is 6. The van der Waals surface area contributed by atoms with E-state index in [4.69, 9.17) is 50.1 Å². The minimum atomic E-state index is -4.29. The van der Waals surface area contributed by atoms with E-state index < -0.39 is 11.7 Å². The number of carbonyl (C=O) groups excluding carboxylic acids is 5. The maximum atomic E-state index is 14.3. The molecule has 0 N–H and O–H groups in total. The topological polar surface area (TPSA) is 179 Å². The van der Waals surface area contributed by atoms with Crippen LogP contribution in [0.15, 0.2) is 188 Å². The van der Waals surface area contributed by atoms with Gasteiger partial charge in [-0.2, -0.15) is 13.2 Å². The molecule has 0 heterocycles. The van der Waals surface area contributed by atoms with Crippen molar-refractivity contribution in [2.75, 3.05) is 61.7 Å². The van der Waals surface area contributed by atoms with E-state index in [-0.39, 0.29) is 146 Å². The van der Waals surface area contributed by atoms with Crippen LogP contribution in [0, 0.1) is 11.6 Å². The molecule has 0 bridgehead atoms. The SMILES string of the molecule is COC(=O)CCCCN(CCc1cc(F)ccc1OC)Cc1ccc(C(=O)OC)cc1.COC(=O)CCCCN(CCc1cc(F)ccc1OCc1ccc(-c2ccccc2)cc1)Cc1ccc(C(=O)OC)cc1.FC(F)(F)c1ccc(-c2ccc(CCl)cc2)cc1.O=CO[O-].[H-].[K+].[K+]. The Morgan fingerprint density at radius 3 is 1.27 bits per heavy atom. The fourth-order valence-electron chi connectivity index (χ4n) is 9.80. The van der Waals surface area contributed by atoms with Crippen molar-refractivity contribution in [1.29, 1.82) is 0 Å². The van der Waals surface area contributed by atoms with Gasteiger partial charge in [0.15, 0.2) is 0 Å². The van der Waals surface area contributed by atoms with Crippen LogP contribution in [0.1, 0.15) is 99.6 Å². The summed E-state index contributed by atoms with van der Waals surface area (Å²) in [7, 11) is 7.07. The molecule has 0 atom stereocenters. The van der Waals surface area contributed by atoms with Gasteiger partial charge < -0.3 is 40.0 Å². The van der Waals surface area contributed by atoms with Gasteiger partial charge in [-0.15, -0.1) is 11.6 Å². The molecular weight excluding hydrogens is 1350 g/mol. The van der Waals surface area contributed by atoms with Crippen LogP contribution in [-0.2, 0) is 82.8 Å². The number of benzene rings is 8. The molecule has 0 radical (unpaired) electrons. The Morgan fingerprint density at radius 1 is 0.490 bits per heavy atom. The minimum Gasteiger partial charge on any atom is -1.00 e. The van der Waals surface area contributed by atoms with Gasteiger partial charge in [0.25, 0.3) is 6.47 Å². The van der Waals surface area contributed by atoms with Crippen molar-refractivity contribution in [2.45, 2.75) is 83.1 Å². The summed E-state index contributed by atoms with van der Waals surface area (Å²) >= 11 is 5.67. The molecule has 15 nitrogen and oxygen atoms in total. The third-order valence-corrected chi connectivity index (χ3v) is 15.3. The first-order chi connectivity index (χ1) is 46.3. The summed E-state index contributed by atoms with van der Waals surface area (Å²) < 4.78 is 95.8. The van der Waals surface area contributed by atoms with Crippen molar-refractivity contribution in [3.8, 4) is 33.8 Å². The van der Waals surface area contributed by atoms with E-state index in [1.54, 1.807) is 43.5 Å². The largest absolute Gasteiger partial charge is 1.00 e. The number of rotatable bonds is 30. The normalized spacial score (nSPS) is 10.5. The molecule has 8 aromatic rings. The van der Waals surface area contributed by atoms with Crippen molar-refractivity contribution in [1.82, 2.24) is 9.80 Å². The van der Waals surface area contributed by atoms with Crippen molar-refractivity contribution in [2.24, 2.45) is 0 Å². The van der Waals surface area contributed by atoms with E-state index in [0.717, 1.165) is 100 Å². The summed E-state index contributed by atoms with van der Waals surface area (Å²) in [4.78, 5) is 62.1. The number of alkyl halides is 4. The van der Waals surface area contributed by atoms with Crippen LogP contribution < -0.4 is 118 Å². The Labute approximate surface area is 661 Å². The summed E-state index contributed by atoms with van der Waals surface area (Å²) in [5, 5.41) is 8.43. The van der Waals surface area contributed by atoms with Gasteiger partial charge in [0, 0.05) is 44.9 Å². The number of nitrogens with zero attached hydrogens (tertiary/aromatic N) is 2. The molecule has 512 valence electrons. The zero-order chi connectivity index (χ0) is 69.7. The summed E-state index contributed by atoms with van der Waals surface area (Å²) in [6, 6.07) is 54.8. The molecule has 98 heavy (non-hydrogen) atoms. The van der Waals surface area contributed by atoms with Crippen molar-refractivity contribution in [3.63, 3.8) is 0 Å². The van der Waals surface area contributed by atoms with Crippen LogP contribution in [-0.4, -0.2) is 102 Å². The molecule has 0 aliphatic carbocycles. The second-order valence-corrected chi connectivity index (χ2v) is 21.9. The van der Waals surface area contributed by atoms with Crippen LogP contribution in [0.4, 0.5) is 22.0 Å². The zero-order valence-electron chi connectivity index (χ0n) is 57.3. The van der Waals surface area contributed by atoms with Gasteiger partial charge >= 0.3 is 133 Å². The van der Waals surface area contributed by atoms with E-state index in [1.165, 1.54) is 64.8 Å². The number of esters is 4. The van der Waals surface area contributed by atoms with Gasteiger partial charge in [-0.05, 0) is 180 Å². The third kappa shape index (κ3) is 31.6. The average molecular weight is 1430 g/mol. The Morgan fingerprint density at radius 2 is 0.878 bits per heavy atom. The quantitative estimate of drug-likeness (QED) is 0.00479. The van der Waals surface area contributed by atoms with Crippen LogP contribution in [0.5, 0.6) is 11.5 Å². The van der Waals surface area contributed by atoms with Gasteiger partial charge in [0.05, 0.1) is 52.2 Å². The molecule has 0 saturated heterocycles. The molecule has 0 saturated carbocycles. The standard InChI is InChI=1S/C36H38FNO5.C24H30FNO5.C14H10ClF3.CH2O3.2K.H/c1-41-35(39)10-6-7-22-38(25-27-11-17-31(18-12-27)36(40)42-2)23-21-32-24-33(37)19-20-34(32)43-26-28-13-15-30(16-14-28)29-8-4-3-5-9-29;1-29-22-12-11-21(25)16-20(22)13-15-26(14-5-4-6-23(27)30-2)17-18-7-9-19(10-8-18)24(28)31-3;15-9-10-1-3-11(4-2-10)12-5-7-13(8-6-12)14(16,17)18;2-1-4-3;;;/h3-5,8-9,11-20,24H,6-7,10,21-23,25-26H2,1-2H3;7-12,16H,4-6,13-15,17H2,1-3H3;1-8H,9H2;1,3H;;;/q;;;;2*+1;-1/p-1. The predicted molar refractivity (Wildman–Crippen MR) is 356 cm³/mol. The number of hydrogen-bond acceptors (Lipinski definition) is 15. The maximum Gasteiger partial charge on any atom is 1.00 e. The Hall–Kier alpha value is -6.20. The molecule has 0 aliphatic rings. The minimum absolute atomic E-state index is 0. The zero-order valence-corrected chi connectivity index (χ0v) is 63.3. The van der Waals surface area contributed by atoms with Gasteiger partial charge in [0.1, 0.15) is 29.7 Å². The van der Waals surface area contributed by atoms with Crippen molar-refractivity contribution >= 4 is 42.0 Å². The summed E-state index contributed by atoms with van der Waals surface area (Å²) in [5.74, 6) is -0.0441. The van der Waals surface area contributed by atoms with Gasteiger partial charge in [0.2, 0.25) is 0 Å². The second kappa shape index (κ2) is 47.8. The number of methoxy groups -OCH3 is 5. The Kier molecular flexibility index (Phi) is 41.9. The first kappa shape index (κ1) is 86.0. The molecule has 0 aromatic heterocycles. The maximum absolute atomic E-state index is 14.3. The summed E-state index contributed by atoms with van der Waals surface area (Å²) in [5.41, 5.74) is 9.97. The molecule has 0 aliphatic heterocycles. The van der Waals surface area contributed by atoms with Crippen LogP contribution in [0.2, 0.25) is 0 Å². The van der Waals surface area contributed by atoms with Crippen LogP contribution in [0.3, 0.4) is 0 Å². The van der Waals surface area contributed by atoms with Gasteiger partial charge in [-0.3, -0.25) is 24.2 Å². The van der Waals surface area contributed by atoms with Crippen molar-refractivity contribution in [3.05, 3.63) is 250 Å². The Bertz CT molecular complexity index is 3640. The fourth-order valence-corrected chi connectivity index (χ4v) is 9.98. The second-order valence-electron chi connectivity index (χ2n) is 21.7. The fraction of sp³-hybridized carbons (Fsp3) is 0.293. The smallest absolute Gasteiger partial charge is 1.00 e. The third-order valence-electron chi connectivity index (χ3n) is 15.0. The van der Waals surface area contributed by atoms with E-state index in [1.807, 2.05) is 78.9 Å². The molecule has 0 fully saturated rings. The van der Waals surface area contributed by atoms with Crippen LogP contribution in [0.25, 0.3) is 22.3 Å². The molecule has 8 aromatic carbocycles. The van der Waals surface area contributed by atoms with E-state index >= 15 is 0 Å². The van der Waals surface area contributed by atoms with Crippen molar-refractivity contribution < 1.29 is 189 Å². The molecule has 0 unspecified atom stereocenters. The molecule has 23 heteroatoms. The van der Waals surface area contributed by atoms with Gasteiger partial charge in [-0.25, -0.2) is 18.4 Å². The van der Waals surface area contributed by atoms with E-state index in [2.05, 4.69) is 39.0 Å². The predicted octanol–water partition coefficient (Wildman–Crippen LogP) is 8.92.